The number of nitrogens with two attached hydrogens (primary N) is 1. The number of hydrogen-bond donors (Lipinski definition) is 3. The van der Waals surface area contributed by atoms with Gasteiger partial charge in [0.1, 0.15) is 12.6 Å². The molecule has 0 aliphatic heterocycles. The third kappa shape index (κ3) is 22.3. The summed E-state index contributed by atoms with van der Waals surface area (Å²) in [7, 11) is 0. The Hall–Kier alpha value is -1.71. The van der Waals surface area contributed by atoms with Crippen LogP contribution >= 0.6 is 0 Å². The molecule has 0 fully saturated rings. The summed E-state index contributed by atoms with van der Waals surface area (Å²) < 4.78 is 15.2. The molecule has 0 aromatic heterocycles. The number of carbonyl (C=O) groups is 3. The van der Waals surface area contributed by atoms with Crippen molar-refractivity contribution < 1.29 is 33.7 Å². The second-order valence-corrected chi connectivity index (χ2v) is 5.97. The van der Waals surface area contributed by atoms with Gasteiger partial charge in [0.05, 0.1) is 26.4 Å². The van der Waals surface area contributed by atoms with Crippen LogP contribution in [0.25, 0.3) is 0 Å². The first kappa shape index (κ1) is 26.5. The molecule has 9 heteroatoms. The minimum atomic E-state index is -1.01. The van der Waals surface area contributed by atoms with Gasteiger partial charge >= 0.3 is 5.97 Å². The van der Waals surface area contributed by atoms with E-state index in [0.29, 0.717) is 32.8 Å². The standard InChI is InChI=1S/C9H19NO4.C8H15NO3/c1-2-3-12-4-5-13-6-7-14-8-9(10)11;1-5(2)4-7(10)9-6(3)8(11)12/h2-8H2,1H3,(H2,10,11);5-6H,4H2,1-3H3,(H,9,10)(H,11,12). The highest BCUT2D eigenvalue weighted by atomic mass is 16.5. The summed E-state index contributed by atoms with van der Waals surface area (Å²) in [6.45, 7) is 10.0. The topological polar surface area (TPSA) is 137 Å². The zero-order valence-electron chi connectivity index (χ0n) is 16.3. The van der Waals surface area contributed by atoms with Gasteiger partial charge in [-0.25, -0.2) is 0 Å². The predicted molar refractivity (Wildman–Crippen MR) is 96.6 cm³/mol. The van der Waals surface area contributed by atoms with Crippen LogP contribution in [0.2, 0.25) is 0 Å². The number of carbonyl (C=O) groups excluding carboxylic acids is 2. The summed E-state index contributed by atoms with van der Waals surface area (Å²) in [5.41, 5.74) is 4.86. The number of ether oxygens (including phenoxy) is 3. The number of carboxylic acid groups (broad SMARTS) is 1. The summed E-state index contributed by atoms with van der Waals surface area (Å²) >= 11 is 0. The zero-order valence-corrected chi connectivity index (χ0v) is 16.3. The molecule has 0 aromatic carbocycles. The van der Waals surface area contributed by atoms with Crippen LogP contribution in [0.3, 0.4) is 0 Å². The fraction of sp³-hybridized carbons (Fsp3) is 0.824. The molecule has 0 radical (unpaired) electrons. The molecule has 1 unspecified atom stereocenters. The second-order valence-electron chi connectivity index (χ2n) is 5.97. The van der Waals surface area contributed by atoms with Crippen molar-refractivity contribution in [3.63, 3.8) is 0 Å². The largest absolute Gasteiger partial charge is 0.480 e. The van der Waals surface area contributed by atoms with Gasteiger partial charge in [0.2, 0.25) is 11.8 Å². The molecular weight excluding hydrogens is 344 g/mol. The van der Waals surface area contributed by atoms with Gasteiger partial charge in [0.15, 0.2) is 0 Å². The molecule has 2 amide bonds. The van der Waals surface area contributed by atoms with E-state index in [1.54, 1.807) is 0 Å². The molecule has 0 saturated heterocycles. The van der Waals surface area contributed by atoms with Crippen LogP contribution in [0.4, 0.5) is 0 Å². The summed E-state index contributed by atoms with van der Waals surface area (Å²) in [6.07, 6.45) is 1.39. The molecule has 0 rings (SSSR count). The lowest BCUT2D eigenvalue weighted by Gasteiger charge is -2.10. The summed E-state index contributed by atoms with van der Waals surface area (Å²) in [5, 5.41) is 10.8. The van der Waals surface area contributed by atoms with Crippen molar-refractivity contribution in [1.29, 1.82) is 0 Å². The Bertz CT molecular complexity index is 389. The highest BCUT2D eigenvalue weighted by molar-refractivity contribution is 5.83. The van der Waals surface area contributed by atoms with Crippen molar-refractivity contribution in [3.05, 3.63) is 0 Å². The Morgan fingerprint density at radius 3 is 1.88 bits per heavy atom. The van der Waals surface area contributed by atoms with Gasteiger partial charge in [0.25, 0.3) is 0 Å². The molecule has 0 aliphatic carbocycles. The van der Waals surface area contributed by atoms with E-state index in [-0.39, 0.29) is 18.4 Å². The molecule has 0 spiro atoms. The van der Waals surface area contributed by atoms with E-state index in [4.69, 9.17) is 25.1 Å². The minimum Gasteiger partial charge on any atom is -0.480 e. The van der Waals surface area contributed by atoms with Gasteiger partial charge in [-0.15, -0.1) is 0 Å². The van der Waals surface area contributed by atoms with Crippen LogP contribution in [0.1, 0.15) is 40.5 Å². The van der Waals surface area contributed by atoms with Crippen molar-refractivity contribution in [1.82, 2.24) is 5.32 Å². The second kappa shape index (κ2) is 18.1. The molecule has 0 aromatic rings. The molecule has 26 heavy (non-hydrogen) atoms. The molecule has 9 nitrogen and oxygen atoms in total. The molecule has 154 valence electrons. The van der Waals surface area contributed by atoms with E-state index in [2.05, 4.69) is 12.2 Å². The van der Waals surface area contributed by atoms with Gasteiger partial charge in [-0.2, -0.15) is 0 Å². The lowest BCUT2D eigenvalue weighted by Crippen LogP contribution is -2.38. The van der Waals surface area contributed by atoms with Gasteiger partial charge < -0.3 is 30.4 Å². The van der Waals surface area contributed by atoms with Gasteiger partial charge in [-0.1, -0.05) is 20.8 Å². The molecule has 1 atom stereocenters. The van der Waals surface area contributed by atoms with E-state index in [1.807, 2.05) is 13.8 Å². The third-order valence-electron chi connectivity index (χ3n) is 2.68. The molecule has 0 aliphatic rings. The Morgan fingerprint density at radius 2 is 1.46 bits per heavy atom. The normalized spacial score (nSPS) is 11.4. The van der Waals surface area contributed by atoms with E-state index >= 15 is 0 Å². The fourth-order valence-electron chi connectivity index (χ4n) is 1.49. The first-order chi connectivity index (χ1) is 12.2. The first-order valence-electron chi connectivity index (χ1n) is 8.74. The number of aliphatic carboxylic acids is 1. The van der Waals surface area contributed by atoms with Crippen LogP contribution in [0.15, 0.2) is 0 Å². The maximum Gasteiger partial charge on any atom is 0.325 e. The third-order valence-corrected chi connectivity index (χ3v) is 2.68. The van der Waals surface area contributed by atoms with Gasteiger partial charge in [-0.3, -0.25) is 14.4 Å². The van der Waals surface area contributed by atoms with Gasteiger partial charge in [-0.05, 0) is 19.3 Å². The smallest absolute Gasteiger partial charge is 0.325 e. The SMILES string of the molecule is CC(C)CC(=O)NC(C)C(=O)O.CCCOCCOCCOCC(N)=O. The number of hydrogen-bond acceptors (Lipinski definition) is 6. The maximum absolute atomic E-state index is 11.0. The molecular formula is C17H34N2O7. The molecule has 0 saturated carbocycles. The zero-order chi connectivity index (χ0) is 20.4. The van der Waals surface area contributed by atoms with Crippen molar-refractivity contribution in [2.24, 2.45) is 11.7 Å². The fourth-order valence-corrected chi connectivity index (χ4v) is 1.49. The lowest BCUT2D eigenvalue weighted by molar-refractivity contribution is -0.141. The Balaban J connectivity index is 0. The van der Waals surface area contributed by atoms with E-state index < -0.39 is 17.9 Å². The van der Waals surface area contributed by atoms with Crippen LogP contribution in [0, 0.1) is 5.92 Å². The van der Waals surface area contributed by atoms with Gasteiger partial charge in [0, 0.05) is 13.0 Å². The summed E-state index contributed by atoms with van der Waals surface area (Å²) in [5.74, 6) is -1.42. The van der Waals surface area contributed by atoms with Crippen molar-refractivity contribution in [3.8, 4) is 0 Å². The first-order valence-corrected chi connectivity index (χ1v) is 8.74. The minimum absolute atomic E-state index is 0.0459. The molecule has 4 N–H and O–H groups in total. The van der Waals surface area contributed by atoms with E-state index in [0.717, 1.165) is 13.0 Å². The Morgan fingerprint density at radius 1 is 0.962 bits per heavy atom. The lowest BCUT2D eigenvalue weighted by atomic mass is 10.1. The number of nitrogens with one attached hydrogen (secondary N) is 1. The quantitative estimate of drug-likeness (QED) is 0.375. The van der Waals surface area contributed by atoms with Crippen molar-refractivity contribution >= 4 is 17.8 Å². The highest BCUT2D eigenvalue weighted by Gasteiger charge is 2.14. The van der Waals surface area contributed by atoms with Crippen molar-refractivity contribution in [2.75, 3.05) is 39.6 Å². The highest BCUT2D eigenvalue weighted by Crippen LogP contribution is 1.98. The maximum atomic E-state index is 11.0. The number of carboxylic acids is 1. The van der Waals surface area contributed by atoms with Crippen molar-refractivity contribution in [2.45, 2.75) is 46.6 Å². The van der Waals surface area contributed by atoms with Crippen LogP contribution in [-0.4, -0.2) is 68.6 Å². The van der Waals surface area contributed by atoms with Crippen LogP contribution < -0.4 is 11.1 Å². The predicted octanol–water partition coefficient (Wildman–Crippen LogP) is 0.553. The average Bonchev–Trinajstić information content (AvgIpc) is 2.52. The summed E-state index contributed by atoms with van der Waals surface area (Å²) in [4.78, 5) is 31.5. The van der Waals surface area contributed by atoms with E-state index in [9.17, 15) is 14.4 Å². The monoisotopic (exact) mass is 378 g/mol. The summed E-state index contributed by atoms with van der Waals surface area (Å²) in [6, 6.07) is -0.795. The number of amides is 2. The van der Waals surface area contributed by atoms with Crippen LogP contribution in [0.5, 0.6) is 0 Å². The Labute approximate surface area is 155 Å². The number of primary amides is 1. The Kier molecular flexibility index (Phi) is 18.5. The number of rotatable bonds is 14. The molecule has 0 heterocycles. The molecule has 0 bridgehead atoms. The average molecular weight is 378 g/mol. The van der Waals surface area contributed by atoms with E-state index in [1.165, 1.54) is 6.92 Å². The van der Waals surface area contributed by atoms with Crippen LogP contribution in [-0.2, 0) is 28.6 Å².